The van der Waals surface area contributed by atoms with E-state index in [1.54, 1.807) is 39.9 Å². The first kappa shape index (κ1) is 23.7. The van der Waals surface area contributed by atoms with Gasteiger partial charge >= 0.3 is 5.65 Å². The highest BCUT2D eigenvalue weighted by atomic mass is 16.2. The van der Waals surface area contributed by atoms with Crippen molar-refractivity contribution in [3.05, 3.63) is 118 Å². The maximum Gasteiger partial charge on any atom is 0.362 e. The van der Waals surface area contributed by atoms with Gasteiger partial charge in [-0.15, -0.1) is 4.52 Å². The third kappa shape index (κ3) is 4.28. The number of para-hydroxylation sites is 1. The Morgan fingerprint density at radius 2 is 1.97 bits per heavy atom. The van der Waals surface area contributed by atoms with E-state index in [1.807, 2.05) is 61.5 Å². The fourth-order valence-electron chi connectivity index (χ4n) is 4.63. The van der Waals surface area contributed by atoms with Crippen LogP contribution in [-0.2, 0) is 0 Å². The molecule has 0 aliphatic carbocycles. The van der Waals surface area contributed by atoms with Gasteiger partial charge in [-0.2, -0.15) is 5.10 Å². The third-order valence-electron chi connectivity index (χ3n) is 6.43. The Morgan fingerprint density at radius 3 is 2.77 bits per heavy atom. The van der Waals surface area contributed by atoms with Crippen molar-refractivity contribution >= 4 is 28.1 Å². The van der Waals surface area contributed by atoms with E-state index < -0.39 is 11.9 Å². The maximum atomic E-state index is 14.1. The van der Waals surface area contributed by atoms with Gasteiger partial charge in [0, 0.05) is 29.2 Å². The lowest BCUT2D eigenvalue weighted by molar-refractivity contribution is -0.577. The van der Waals surface area contributed by atoms with Gasteiger partial charge in [-0.05, 0) is 41.6 Å². The van der Waals surface area contributed by atoms with Crippen LogP contribution < -0.4 is 21.1 Å². The van der Waals surface area contributed by atoms with Gasteiger partial charge in [0.25, 0.3) is 11.5 Å². The Bertz CT molecular complexity index is 1960. The molecule has 1 unspecified atom stereocenters. The molecule has 4 aromatic heterocycles. The van der Waals surface area contributed by atoms with Crippen LogP contribution >= 0.6 is 0 Å². The Hall–Kier alpha value is -5.69. The standard InChI is InChI=1S/C29H22N8O2/c1-18(34-28(38)25-26(30)35-36-14-6-13-31-27(25)36)23-15-21-8-5-7-20(12-11-19-16-32-33-17-19)24(21)29(39)37(23)22-9-3-2-4-10-22/h2-10,13-18H,1H3,(H4,30,32,33,34,35,38,39)/p+1. The molecule has 10 nitrogen and oxygen atoms in total. The number of nitrogens with one attached hydrogen (secondary N) is 3. The average Bonchev–Trinajstić information content (AvgIpc) is 3.59. The number of aromatic amines is 2. The summed E-state index contributed by atoms with van der Waals surface area (Å²) in [6.07, 6.45) is 6.63. The summed E-state index contributed by atoms with van der Waals surface area (Å²) in [5.74, 6) is 5.94. The largest absolute Gasteiger partial charge is 0.382 e. The van der Waals surface area contributed by atoms with E-state index in [-0.39, 0.29) is 16.9 Å². The van der Waals surface area contributed by atoms with Crippen LogP contribution in [-0.4, -0.2) is 30.8 Å². The third-order valence-corrected chi connectivity index (χ3v) is 6.43. The number of carbonyl (C=O) groups is 1. The highest BCUT2D eigenvalue weighted by Crippen LogP contribution is 2.24. The van der Waals surface area contributed by atoms with E-state index in [4.69, 9.17) is 5.73 Å². The van der Waals surface area contributed by atoms with Crippen molar-refractivity contribution in [2.24, 2.45) is 0 Å². The van der Waals surface area contributed by atoms with Gasteiger partial charge in [-0.1, -0.05) is 42.2 Å². The minimum absolute atomic E-state index is 0.193. The number of H-pyrrole nitrogens is 2. The summed E-state index contributed by atoms with van der Waals surface area (Å²) in [6.45, 7) is 1.83. The Balaban J connectivity index is 1.48. The van der Waals surface area contributed by atoms with Crippen molar-refractivity contribution in [3.8, 4) is 17.5 Å². The summed E-state index contributed by atoms with van der Waals surface area (Å²) in [5, 5.41) is 13.8. The van der Waals surface area contributed by atoms with Crippen molar-refractivity contribution in [1.82, 2.24) is 30.2 Å². The second kappa shape index (κ2) is 9.64. The predicted molar refractivity (Wildman–Crippen MR) is 146 cm³/mol. The number of hydrogen-bond donors (Lipinski definition) is 4. The second-order valence-electron chi connectivity index (χ2n) is 8.96. The van der Waals surface area contributed by atoms with Gasteiger partial charge < -0.3 is 11.1 Å². The first-order chi connectivity index (χ1) is 19.0. The topological polar surface area (TPSA) is 139 Å². The minimum atomic E-state index is -0.562. The van der Waals surface area contributed by atoms with E-state index in [0.29, 0.717) is 38.9 Å². The van der Waals surface area contributed by atoms with Crippen molar-refractivity contribution in [2.45, 2.75) is 13.0 Å². The zero-order valence-electron chi connectivity index (χ0n) is 20.8. The van der Waals surface area contributed by atoms with E-state index in [9.17, 15) is 9.59 Å². The number of nitrogen functional groups attached to an aromatic ring is 1. The molecule has 6 rings (SSSR count). The normalized spacial score (nSPS) is 11.7. The number of nitrogens with two attached hydrogens (primary N) is 1. The molecule has 0 saturated heterocycles. The van der Waals surface area contributed by atoms with Crippen molar-refractivity contribution in [3.63, 3.8) is 0 Å². The number of rotatable bonds is 4. The summed E-state index contributed by atoms with van der Waals surface area (Å²) < 4.78 is 3.19. The molecule has 0 fully saturated rings. The fraction of sp³-hybridized carbons (Fsp3) is 0.0690. The van der Waals surface area contributed by atoms with Crippen molar-refractivity contribution in [1.29, 1.82) is 0 Å². The lowest BCUT2D eigenvalue weighted by Gasteiger charge is -2.21. The van der Waals surface area contributed by atoms with Crippen LogP contribution in [0.5, 0.6) is 0 Å². The summed E-state index contributed by atoms with van der Waals surface area (Å²) in [4.78, 5) is 31.8. The molecule has 0 aliphatic heterocycles. The molecule has 1 amide bonds. The Morgan fingerprint density at radius 1 is 1.13 bits per heavy atom. The molecule has 39 heavy (non-hydrogen) atoms. The number of hydrogen-bond acceptors (Lipinski definition) is 5. The van der Waals surface area contributed by atoms with Gasteiger partial charge in [-0.3, -0.25) is 19.3 Å². The molecule has 6 aromatic rings. The van der Waals surface area contributed by atoms with Crippen LogP contribution in [0.3, 0.4) is 0 Å². The Labute approximate surface area is 222 Å². The monoisotopic (exact) mass is 515 g/mol. The molecule has 0 saturated carbocycles. The van der Waals surface area contributed by atoms with Crippen LogP contribution in [0.2, 0.25) is 0 Å². The highest BCUT2D eigenvalue weighted by Gasteiger charge is 2.27. The molecule has 1 atom stereocenters. The second-order valence-corrected chi connectivity index (χ2v) is 8.96. The number of pyridine rings is 1. The molecule has 2 aromatic carbocycles. The first-order valence-electron chi connectivity index (χ1n) is 12.2. The van der Waals surface area contributed by atoms with Crippen LogP contribution in [0, 0.1) is 11.8 Å². The summed E-state index contributed by atoms with van der Waals surface area (Å²) in [6, 6.07) is 17.9. The summed E-state index contributed by atoms with van der Waals surface area (Å²) >= 11 is 0. The number of anilines is 1. The molecule has 0 spiro atoms. The Kier molecular flexibility index (Phi) is 5.86. The molecular weight excluding hydrogens is 492 g/mol. The molecule has 0 radical (unpaired) electrons. The van der Waals surface area contributed by atoms with Crippen LogP contribution in [0.4, 0.5) is 5.82 Å². The molecule has 5 N–H and O–H groups in total. The van der Waals surface area contributed by atoms with E-state index in [1.165, 1.54) is 0 Å². The van der Waals surface area contributed by atoms with Gasteiger partial charge in [-0.25, -0.2) is 5.10 Å². The van der Waals surface area contributed by atoms with E-state index >= 15 is 0 Å². The number of benzene rings is 2. The molecule has 190 valence electrons. The van der Waals surface area contributed by atoms with Gasteiger partial charge in [0.15, 0.2) is 11.4 Å². The van der Waals surface area contributed by atoms with Crippen LogP contribution in [0.15, 0.2) is 90.2 Å². The minimum Gasteiger partial charge on any atom is -0.382 e. The van der Waals surface area contributed by atoms with Crippen LogP contribution in [0.1, 0.15) is 40.1 Å². The maximum absolute atomic E-state index is 14.1. The lowest BCUT2D eigenvalue weighted by atomic mass is 10.0. The van der Waals surface area contributed by atoms with Gasteiger partial charge in [0.05, 0.1) is 23.2 Å². The zero-order valence-corrected chi connectivity index (χ0v) is 20.8. The average molecular weight is 516 g/mol. The SMILES string of the molecule is CC(NC(=O)c1c(N)[nH][n+]2cccnc12)c1cc2cccc(C#Cc3cn[nH]c3)c2c(=O)n1-c1ccccc1. The zero-order chi connectivity index (χ0) is 26.9. The smallest absolute Gasteiger partial charge is 0.362 e. The number of carbonyl (C=O) groups excluding carboxylic acids is 1. The highest BCUT2D eigenvalue weighted by molar-refractivity contribution is 6.03. The molecular formula is C29H23N8O2+. The number of amides is 1. The number of fused-ring (bicyclic) bond motifs is 2. The number of nitrogens with zero attached hydrogens (tertiary/aromatic N) is 4. The molecule has 0 aliphatic rings. The lowest BCUT2D eigenvalue weighted by Crippen LogP contribution is -2.33. The molecule has 10 heteroatoms. The summed E-state index contributed by atoms with van der Waals surface area (Å²) in [7, 11) is 0. The van der Waals surface area contributed by atoms with Gasteiger partial charge in [0.1, 0.15) is 12.4 Å². The molecule has 4 heterocycles. The summed E-state index contributed by atoms with van der Waals surface area (Å²) in [5.41, 5.74) is 9.09. The first-order valence-corrected chi connectivity index (χ1v) is 12.2. The van der Waals surface area contributed by atoms with Crippen molar-refractivity contribution < 1.29 is 9.31 Å². The van der Waals surface area contributed by atoms with Crippen molar-refractivity contribution in [2.75, 3.05) is 5.73 Å². The molecule has 0 bridgehead atoms. The van der Waals surface area contributed by atoms with Crippen LogP contribution in [0.25, 0.3) is 22.1 Å². The fourth-order valence-corrected chi connectivity index (χ4v) is 4.63. The quantitative estimate of drug-likeness (QED) is 0.211. The van der Waals surface area contributed by atoms with E-state index in [0.717, 1.165) is 0 Å². The number of aromatic nitrogens is 6. The predicted octanol–water partition coefficient (Wildman–Crippen LogP) is 2.65. The van der Waals surface area contributed by atoms with Gasteiger partial charge in [0.2, 0.25) is 0 Å². The van der Waals surface area contributed by atoms with E-state index in [2.05, 4.69) is 37.4 Å².